The van der Waals surface area contributed by atoms with E-state index in [1.165, 1.54) is 0 Å². The van der Waals surface area contributed by atoms with E-state index in [0.717, 1.165) is 32.4 Å². The SMILES string of the molecule is NCc1cc(Br)cc(Oc2cccc3ncccc23)c1. The number of benzene rings is 2. The molecule has 0 radical (unpaired) electrons. The lowest BCUT2D eigenvalue weighted by atomic mass is 10.2. The Bertz CT molecular complexity index is 753. The van der Waals surface area contributed by atoms with Gasteiger partial charge in [0.1, 0.15) is 11.5 Å². The second kappa shape index (κ2) is 5.61. The largest absolute Gasteiger partial charge is 0.457 e. The summed E-state index contributed by atoms with van der Waals surface area (Å²) in [7, 11) is 0. The number of fused-ring (bicyclic) bond motifs is 1. The van der Waals surface area contributed by atoms with Gasteiger partial charge in [-0.05, 0) is 48.0 Å². The lowest BCUT2D eigenvalue weighted by Gasteiger charge is -2.10. The van der Waals surface area contributed by atoms with Gasteiger partial charge in [-0.25, -0.2) is 0 Å². The summed E-state index contributed by atoms with van der Waals surface area (Å²) in [4.78, 5) is 4.33. The first kappa shape index (κ1) is 13.1. The number of hydrogen-bond acceptors (Lipinski definition) is 3. The van der Waals surface area contributed by atoms with Gasteiger partial charge in [0.05, 0.1) is 5.52 Å². The molecule has 0 aliphatic carbocycles. The average Bonchev–Trinajstić information content (AvgIpc) is 2.47. The van der Waals surface area contributed by atoms with Crippen molar-refractivity contribution in [2.24, 2.45) is 5.73 Å². The number of rotatable bonds is 3. The van der Waals surface area contributed by atoms with Gasteiger partial charge in [0.15, 0.2) is 0 Å². The van der Waals surface area contributed by atoms with Gasteiger partial charge in [0.2, 0.25) is 0 Å². The topological polar surface area (TPSA) is 48.1 Å². The molecule has 0 aliphatic rings. The van der Waals surface area contributed by atoms with E-state index in [1.54, 1.807) is 6.20 Å². The second-order valence-corrected chi connectivity index (χ2v) is 5.34. The zero-order chi connectivity index (χ0) is 13.9. The minimum absolute atomic E-state index is 0.479. The van der Waals surface area contributed by atoms with Crippen LogP contribution in [0.3, 0.4) is 0 Å². The van der Waals surface area contributed by atoms with Gasteiger partial charge in [0.25, 0.3) is 0 Å². The van der Waals surface area contributed by atoms with Crippen LogP contribution in [0.5, 0.6) is 11.5 Å². The van der Waals surface area contributed by atoms with Crippen molar-refractivity contribution < 1.29 is 4.74 Å². The molecule has 3 rings (SSSR count). The molecule has 0 amide bonds. The van der Waals surface area contributed by atoms with Gasteiger partial charge < -0.3 is 10.5 Å². The van der Waals surface area contributed by atoms with Crippen molar-refractivity contribution >= 4 is 26.8 Å². The molecule has 0 spiro atoms. The highest BCUT2D eigenvalue weighted by molar-refractivity contribution is 9.10. The molecule has 3 nitrogen and oxygen atoms in total. The molecule has 0 fully saturated rings. The summed E-state index contributed by atoms with van der Waals surface area (Å²) in [5.74, 6) is 1.55. The Morgan fingerprint density at radius 3 is 2.85 bits per heavy atom. The highest BCUT2D eigenvalue weighted by Crippen LogP contribution is 2.31. The zero-order valence-corrected chi connectivity index (χ0v) is 12.3. The zero-order valence-electron chi connectivity index (χ0n) is 10.7. The molecule has 0 saturated heterocycles. The Hall–Kier alpha value is -1.91. The fourth-order valence-corrected chi connectivity index (χ4v) is 2.61. The van der Waals surface area contributed by atoms with E-state index in [0.29, 0.717) is 6.54 Å². The van der Waals surface area contributed by atoms with E-state index in [1.807, 2.05) is 48.5 Å². The molecule has 3 aromatic rings. The first-order valence-corrected chi connectivity index (χ1v) is 7.07. The molecule has 2 N–H and O–H groups in total. The molecule has 2 aromatic carbocycles. The van der Waals surface area contributed by atoms with Crippen LogP contribution in [0.15, 0.2) is 59.2 Å². The van der Waals surface area contributed by atoms with E-state index in [9.17, 15) is 0 Å². The van der Waals surface area contributed by atoms with Crippen LogP contribution in [-0.4, -0.2) is 4.98 Å². The summed E-state index contributed by atoms with van der Waals surface area (Å²) >= 11 is 3.47. The van der Waals surface area contributed by atoms with Gasteiger partial charge in [0, 0.05) is 22.6 Å². The number of pyridine rings is 1. The molecule has 0 saturated carbocycles. The number of nitrogens with zero attached hydrogens (tertiary/aromatic N) is 1. The van der Waals surface area contributed by atoms with Crippen LogP contribution in [0.25, 0.3) is 10.9 Å². The van der Waals surface area contributed by atoms with Crippen LogP contribution < -0.4 is 10.5 Å². The Morgan fingerprint density at radius 2 is 2.00 bits per heavy atom. The van der Waals surface area contributed by atoms with E-state index >= 15 is 0 Å². The Balaban J connectivity index is 2.03. The molecule has 100 valence electrons. The summed E-state index contributed by atoms with van der Waals surface area (Å²) in [5.41, 5.74) is 7.62. The molecule has 1 aromatic heterocycles. The highest BCUT2D eigenvalue weighted by Gasteiger charge is 2.05. The molecule has 20 heavy (non-hydrogen) atoms. The van der Waals surface area contributed by atoms with Gasteiger partial charge >= 0.3 is 0 Å². The minimum Gasteiger partial charge on any atom is -0.457 e. The standard InChI is InChI=1S/C16H13BrN2O/c17-12-7-11(10-18)8-13(9-12)20-16-5-1-4-15-14(16)3-2-6-19-15/h1-9H,10,18H2. The van der Waals surface area contributed by atoms with E-state index in [4.69, 9.17) is 10.5 Å². The number of aromatic nitrogens is 1. The van der Waals surface area contributed by atoms with Gasteiger partial charge in [-0.2, -0.15) is 0 Å². The fraction of sp³-hybridized carbons (Fsp3) is 0.0625. The third kappa shape index (κ3) is 2.66. The number of hydrogen-bond donors (Lipinski definition) is 1. The average molecular weight is 329 g/mol. The van der Waals surface area contributed by atoms with Crippen molar-refractivity contribution in [1.82, 2.24) is 4.98 Å². The first-order chi connectivity index (χ1) is 9.76. The van der Waals surface area contributed by atoms with Crippen LogP contribution in [0.4, 0.5) is 0 Å². The monoisotopic (exact) mass is 328 g/mol. The number of halogens is 1. The second-order valence-electron chi connectivity index (χ2n) is 4.43. The summed E-state index contributed by atoms with van der Waals surface area (Å²) in [5, 5.41) is 0.990. The predicted molar refractivity (Wildman–Crippen MR) is 83.9 cm³/mol. The number of ether oxygens (including phenoxy) is 1. The molecule has 4 heteroatoms. The van der Waals surface area contributed by atoms with Crippen LogP contribution in [0.1, 0.15) is 5.56 Å². The van der Waals surface area contributed by atoms with Crippen molar-refractivity contribution in [3.05, 3.63) is 64.8 Å². The minimum atomic E-state index is 0.479. The lowest BCUT2D eigenvalue weighted by molar-refractivity contribution is 0.487. The third-order valence-electron chi connectivity index (χ3n) is 3.00. The summed E-state index contributed by atoms with van der Waals surface area (Å²) in [6.07, 6.45) is 1.78. The van der Waals surface area contributed by atoms with Gasteiger partial charge in [-0.1, -0.05) is 22.0 Å². The summed E-state index contributed by atoms with van der Waals surface area (Å²) in [6, 6.07) is 15.6. The molecular formula is C16H13BrN2O. The van der Waals surface area contributed by atoms with Crippen molar-refractivity contribution in [1.29, 1.82) is 0 Å². The number of nitrogens with two attached hydrogens (primary N) is 1. The molecule has 0 unspecified atom stereocenters. The van der Waals surface area contributed by atoms with E-state index in [-0.39, 0.29) is 0 Å². The Morgan fingerprint density at radius 1 is 1.10 bits per heavy atom. The smallest absolute Gasteiger partial charge is 0.136 e. The predicted octanol–water partition coefficient (Wildman–Crippen LogP) is 4.25. The van der Waals surface area contributed by atoms with Crippen LogP contribution in [-0.2, 0) is 6.54 Å². The van der Waals surface area contributed by atoms with Crippen LogP contribution in [0, 0.1) is 0 Å². The molecule has 0 bridgehead atoms. The van der Waals surface area contributed by atoms with Gasteiger partial charge in [-0.3, -0.25) is 4.98 Å². The maximum atomic E-state index is 5.99. The third-order valence-corrected chi connectivity index (χ3v) is 3.46. The highest BCUT2D eigenvalue weighted by atomic mass is 79.9. The quantitative estimate of drug-likeness (QED) is 0.781. The Labute approximate surface area is 125 Å². The van der Waals surface area contributed by atoms with E-state index < -0.39 is 0 Å². The lowest BCUT2D eigenvalue weighted by Crippen LogP contribution is -1.96. The van der Waals surface area contributed by atoms with Crippen molar-refractivity contribution in [2.75, 3.05) is 0 Å². The van der Waals surface area contributed by atoms with Crippen LogP contribution >= 0.6 is 15.9 Å². The van der Waals surface area contributed by atoms with Crippen molar-refractivity contribution in [2.45, 2.75) is 6.54 Å². The van der Waals surface area contributed by atoms with E-state index in [2.05, 4.69) is 20.9 Å². The fourth-order valence-electron chi connectivity index (χ4n) is 2.09. The molecule has 0 atom stereocenters. The molecule has 1 heterocycles. The van der Waals surface area contributed by atoms with Gasteiger partial charge in [-0.15, -0.1) is 0 Å². The summed E-state index contributed by atoms with van der Waals surface area (Å²) < 4.78 is 6.94. The maximum Gasteiger partial charge on any atom is 0.136 e. The molecular weight excluding hydrogens is 316 g/mol. The summed E-state index contributed by atoms with van der Waals surface area (Å²) in [6.45, 7) is 0.479. The van der Waals surface area contributed by atoms with Crippen molar-refractivity contribution in [3.8, 4) is 11.5 Å². The molecule has 0 aliphatic heterocycles. The maximum absolute atomic E-state index is 5.99. The van der Waals surface area contributed by atoms with Crippen LogP contribution in [0.2, 0.25) is 0 Å². The first-order valence-electron chi connectivity index (χ1n) is 6.27. The normalized spacial score (nSPS) is 10.7. The van der Waals surface area contributed by atoms with Crippen molar-refractivity contribution in [3.63, 3.8) is 0 Å². The Kier molecular flexibility index (Phi) is 3.67.